The van der Waals surface area contributed by atoms with Crippen molar-refractivity contribution in [2.45, 2.75) is 0 Å². The van der Waals surface area contributed by atoms with Crippen molar-refractivity contribution in [2.75, 3.05) is 11.9 Å². The molecule has 1 aromatic heterocycles. The van der Waals surface area contributed by atoms with Gasteiger partial charge in [0.15, 0.2) is 0 Å². The lowest BCUT2D eigenvalue weighted by molar-refractivity contribution is 0.102. The van der Waals surface area contributed by atoms with Crippen molar-refractivity contribution in [3.05, 3.63) is 62.4 Å². The molecule has 21 heavy (non-hydrogen) atoms. The van der Waals surface area contributed by atoms with Crippen LogP contribution < -0.4 is 16.6 Å². The summed E-state index contributed by atoms with van der Waals surface area (Å²) in [5.74, 6) is 4.54. The van der Waals surface area contributed by atoms with Crippen LogP contribution in [0.5, 0.6) is 0 Å². The lowest BCUT2D eigenvalue weighted by Crippen LogP contribution is -2.29. The van der Waals surface area contributed by atoms with Gasteiger partial charge in [0.25, 0.3) is 11.5 Å². The average molecular weight is 285 g/mol. The molecule has 0 fully saturated rings. The minimum Gasteiger partial charge on any atom is -0.384 e. The summed E-state index contributed by atoms with van der Waals surface area (Å²) < 4.78 is 0. The number of hydrogen-bond acceptors (Lipinski definition) is 4. The molecule has 0 unspecified atom stereocenters. The highest BCUT2D eigenvalue weighted by atomic mass is 16.2. The van der Waals surface area contributed by atoms with Gasteiger partial charge in [-0.25, -0.2) is 4.79 Å². The molecule has 7 heteroatoms. The third kappa shape index (κ3) is 3.68. The lowest BCUT2D eigenvalue weighted by Gasteiger charge is -2.04. The van der Waals surface area contributed by atoms with Crippen LogP contribution >= 0.6 is 0 Å². The second kappa shape index (κ2) is 6.36. The Hall–Kier alpha value is -3.11. The van der Waals surface area contributed by atoms with Gasteiger partial charge in [0.1, 0.15) is 12.2 Å². The van der Waals surface area contributed by atoms with Crippen LogP contribution in [0, 0.1) is 11.8 Å². The summed E-state index contributed by atoms with van der Waals surface area (Å²) in [5.41, 5.74) is -0.612. The van der Waals surface area contributed by atoms with Crippen molar-refractivity contribution in [1.82, 2.24) is 9.97 Å². The lowest BCUT2D eigenvalue weighted by atomic mass is 10.2. The van der Waals surface area contributed by atoms with E-state index in [0.29, 0.717) is 11.3 Å². The summed E-state index contributed by atoms with van der Waals surface area (Å²) in [6.45, 7) is -0.261. The standard InChI is InChI=1S/C14H11N3O4/c18-6-2-4-9-3-1-5-10(7-9)16-12(19)11-8-15-14(21)17-13(11)20/h1,3,5,7-8,18H,6H2,(H,16,19)(H2,15,17,20,21). The van der Waals surface area contributed by atoms with E-state index in [1.165, 1.54) is 0 Å². The van der Waals surface area contributed by atoms with E-state index in [1.54, 1.807) is 24.3 Å². The Kier molecular flexibility index (Phi) is 4.33. The highest BCUT2D eigenvalue weighted by molar-refractivity contribution is 6.03. The topological polar surface area (TPSA) is 115 Å². The number of hydrogen-bond donors (Lipinski definition) is 4. The molecular formula is C14H11N3O4. The number of carbonyl (C=O) groups is 1. The number of aliphatic hydroxyl groups is 1. The van der Waals surface area contributed by atoms with Crippen molar-refractivity contribution in [1.29, 1.82) is 0 Å². The zero-order chi connectivity index (χ0) is 15.2. The summed E-state index contributed by atoms with van der Waals surface area (Å²) in [6.07, 6.45) is 1.05. The van der Waals surface area contributed by atoms with Gasteiger partial charge >= 0.3 is 5.69 Å². The molecule has 7 nitrogen and oxygen atoms in total. The molecule has 106 valence electrons. The maximum Gasteiger partial charge on any atom is 0.325 e. The molecule has 0 saturated heterocycles. The largest absolute Gasteiger partial charge is 0.384 e. The fourth-order valence-corrected chi connectivity index (χ4v) is 1.59. The van der Waals surface area contributed by atoms with Crippen molar-refractivity contribution in [2.24, 2.45) is 0 Å². The Morgan fingerprint density at radius 3 is 2.86 bits per heavy atom. The van der Waals surface area contributed by atoms with Gasteiger partial charge in [-0.05, 0) is 18.2 Å². The first kappa shape index (κ1) is 14.3. The van der Waals surface area contributed by atoms with Crippen molar-refractivity contribution in [3.8, 4) is 11.8 Å². The van der Waals surface area contributed by atoms with Crippen LogP contribution in [0.3, 0.4) is 0 Å². The number of aromatic nitrogens is 2. The Balaban J connectivity index is 2.23. The number of rotatable bonds is 2. The van der Waals surface area contributed by atoms with Gasteiger partial charge in [-0.15, -0.1) is 0 Å². The van der Waals surface area contributed by atoms with Crippen LogP contribution in [0.15, 0.2) is 40.1 Å². The maximum atomic E-state index is 11.9. The molecule has 0 spiro atoms. The number of nitrogens with one attached hydrogen (secondary N) is 3. The Bertz CT molecular complexity index is 839. The molecule has 1 amide bonds. The number of amides is 1. The molecule has 2 rings (SSSR count). The van der Waals surface area contributed by atoms with Gasteiger partial charge in [-0.2, -0.15) is 0 Å². The molecule has 0 aliphatic carbocycles. The summed E-state index contributed by atoms with van der Waals surface area (Å²) in [7, 11) is 0. The monoisotopic (exact) mass is 285 g/mol. The summed E-state index contributed by atoms with van der Waals surface area (Å²) in [6, 6.07) is 6.61. The Morgan fingerprint density at radius 1 is 1.33 bits per heavy atom. The van der Waals surface area contributed by atoms with E-state index in [1.807, 2.05) is 4.98 Å². The van der Waals surface area contributed by atoms with Crippen LogP contribution in [0.4, 0.5) is 5.69 Å². The van der Waals surface area contributed by atoms with Gasteiger partial charge in [0, 0.05) is 17.4 Å². The molecular weight excluding hydrogens is 274 g/mol. The van der Waals surface area contributed by atoms with Gasteiger partial charge in [-0.1, -0.05) is 17.9 Å². The number of anilines is 1. The molecule has 0 radical (unpaired) electrons. The fourth-order valence-electron chi connectivity index (χ4n) is 1.59. The number of aliphatic hydroxyl groups excluding tert-OH is 1. The van der Waals surface area contributed by atoms with E-state index in [4.69, 9.17) is 5.11 Å². The smallest absolute Gasteiger partial charge is 0.325 e. The molecule has 0 aliphatic rings. The van der Waals surface area contributed by atoms with Gasteiger partial charge in [-0.3, -0.25) is 14.6 Å². The van der Waals surface area contributed by atoms with E-state index >= 15 is 0 Å². The predicted octanol–water partition coefficient (Wildman–Crippen LogP) is -0.341. The molecule has 0 atom stereocenters. The minimum absolute atomic E-state index is 0.207. The zero-order valence-electron chi connectivity index (χ0n) is 10.8. The summed E-state index contributed by atoms with van der Waals surface area (Å²) in [4.78, 5) is 38.5. The number of aromatic amines is 2. The molecule has 4 N–H and O–H groups in total. The second-order valence-electron chi connectivity index (χ2n) is 3.98. The molecule has 0 aliphatic heterocycles. The normalized spacial score (nSPS) is 9.57. The third-order valence-corrected chi connectivity index (χ3v) is 2.50. The average Bonchev–Trinajstić information content (AvgIpc) is 2.45. The van der Waals surface area contributed by atoms with Crippen LogP contribution in [0.1, 0.15) is 15.9 Å². The predicted molar refractivity (Wildman–Crippen MR) is 76.0 cm³/mol. The molecule has 2 aromatic rings. The third-order valence-electron chi connectivity index (χ3n) is 2.50. The van der Waals surface area contributed by atoms with Crippen molar-refractivity contribution in [3.63, 3.8) is 0 Å². The van der Waals surface area contributed by atoms with E-state index in [2.05, 4.69) is 22.1 Å². The number of benzene rings is 1. The first-order chi connectivity index (χ1) is 10.1. The van der Waals surface area contributed by atoms with Crippen LogP contribution in [-0.4, -0.2) is 27.6 Å². The van der Waals surface area contributed by atoms with Gasteiger partial charge in [0.2, 0.25) is 0 Å². The van der Waals surface area contributed by atoms with Gasteiger partial charge < -0.3 is 15.4 Å². The fraction of sp³-hybridized carbons (Fsp3) is 0.0714. The quantitative estimate of drug-likeness (QED) is 0.565. The van der Waals surface area contributed by atoms with Crippen LogP contribution in [0.2, 0.25) is 0 Å². The highest BCUT2D eigenvalue weighted by Crippen LogP contribution is 2.10. The SMILES string of the molecule is O=C(Nc1cccc(C#CCO)c1)c1c[nH]c(=O)[nH]c1=O. The van der Waals surface area contributed by atoms with E-state index in [-0.39, 0.29) is 12.2 Å². The molecule has 0 saturated carbocycles. The minimum atomic E-state index is -0.771. The molecule has 1 heterocycles. The van der Waals surface area contributed by atoms with Gasteiger partial charge in [0.05, 0.1) is 0 Å². The van der Waals surface area contributed by atoms with E-state index < -0.39 is 17.2 Å². The van der Waals surface area contributed by atoms with Crippen LogP contribution in [0.25, 0.3) is 0 Å². The number of carbonyl (C=O) groups excluding carboxylic acids is 1. The zero-order valence-corrected chi connectivity index (χ0v) is 10.8. The molecule has 1 aromatic carbocycles. The Labute approximate surface area is 118 Å². The van der Waals surface area contributed by atoms with E-state index in [9.17, 15) is 14.4 Å². The first-order valence-corrected chi connectivity index (χ1v) is 5.93. The second-order valence-corrected chi connectivity index (χ2v) is 3.98. The first-order valence-electron chi connectivity index (χ1n) is 5.93. The Morgan fingerprint density at radius 2 is 2.14 bits per heavy atom. The summed E-state index contributed by atoms with van der Waals surface area (Å²) >= 11 is 0. The van der Waals surface area contributed by atoms with Crippen LogP contribution in [-0.2, 0) is 0 Å². The van der Waals surface area contributed by atoms with E-state index in [0.717, 1.165) is 6.20 Å². The maximum absolute atomic E-state index is 11.9. The van der Waals surface area contributed by atoms with Crippen molar-refractivity contribution < 1.29 is 9.90 Å². The summed E-state index contributed by atoms with van der Waals surface area (Å²) in [5, 5.41) is 11.2. The van der Waals surface area contributed by atoms with Crippen molar-refractivity contribution >= 4 is 11.6 Å². The molecule has 0 bridgehead atoms. The number of H-pyrrole nitrogens is 2. The highest BCUT2D eigenvalue weighted by Gasteiger charge is 2.11.